The van der Waals surface area contributed by atoms with Crippen LogP contribution in [0.4, 0.5) is 24.5 Å². The first-order chi connectivity index (χ1) is 15.3. The molecule has 0 aromatic heterocycles. The van der Waals surface area contributed by atoms with Crippen LogP contribution in [0.5, 0.6) is 5.75 Å². The van der Waals surface area contributed by atoms with E-state index >= 15 is 0 Å². The molecule has 0 saturated heterocycles. The lowest BCUT2D eigenvalue weighted by Crippen LogP contribution is -2.23. The Morgan fingerprint density at radius 2 is 1.73 bits per heavy atom. The van der Waals surface area contributed by atoms with Crippen LogP contribution in [0, 0.1) is 19.3 Å². The minimum atomic E-state index is -4.35. The van der Waals surface area contributed by atoms with Gasteiger partial charge in [0.2, 0.25) is 5.91 Å². The van der Waals surface area contributed by atoms with Crippen molar-refractivity contribution in [3.63, 3.8) is 0 Å². The lowest BCUT2D eigenvalue weighted by molar-refractivity contribution is -0.153. The normalized spacial score (nSPS) is 14.5. The molecule has 7 heteroatoms. The second-order valence-corrected chi connectivity index (χ2v) is 10.1. The lowest BCUT2D eigenvalue weighted by Gasteiger charge is -2.26. The van der Waals surface area contributed by atoms with Gasteiger partial charge in [0.05, 0.1) is 0 Å². The SMILES string of the molecule is Cc1cc(N2CCCc3cc(OCC(F)(F)F)ccc3C2)cc(C)c1NC(=O)CC(C)(C)C. The summed E-state index contributed by atoms with van der Waals surface area (Å²) in [6.45, 7) is 10.3. The van der Waals surface area contributed by atoms with Crippen molar-refractivity contribution < 1.29 is 22.7 Å². The first-order valence-corrected chi connectivity index (χ1v) is 11.3. The highest BCUT2D eigenvalue weighted by molar-refractivity contribution is 5.93. The molecule has 0 unspecified atom stereocenters. The topological polar surface area (TPSA) is 41.6 Å². The fourth-order valence-corrected chi connectivity index (χ4v) is 4.20. The van der Waals surface area contributed by atoms with Crippen molar-refractivity contribution in [3.05, 3.63) is 52.6 Å². The number of nitrogens with zero attached hydrogens (tertiary/aromatic N) is 1. The quantitative estimate of drug-likeness (QED) is 0.546. The van der Waals surface area contributed by atoms with E-state index < -0.39 is 12.8 Å². The summed E-state index contributed by atoms with van der Waals surface area (Å²) in [6.07, 6.45) is -2.23. The number of alkyl halides is 3. The molecule has 0 fully saturated rings. The third kappa shape index (κ3) is 7.14. The van der Waals surface area contributed by atoms with Gasteiger partial charge in [-0.05, 0) is 78.6 Å². The summed E-state index contributed by atoms with van der Waals surface area (Å²) < 4.78 is 42.3. The van der Waals surface area contributed by atoms with Gasteiger partial charge in [-0.25, -0.2) is 0 Å². The predicted molar refractivity (Wildman–Crippen MR) is 126 cm³/mol. The maximum absolute atomic E-state index is 12.5. The molecule has 1 heterocycles. The summed E-state index contributed by atoms with van der Waals surface area (Å²) in [5.41, 5.74) is 5.98. The van der Waals surface area contributed by atoms with E-state index in [1.165, 1.54) is 0 Å². The van der Waals surface area contributed by atoms with Crippen molar-refractivity contribution in [2.75, 3.05) is 23.4 Å². The van der Waals surface area contributed by atoms with Crippen molar-refractivity contribution >= 4 is 17.3 Å². The molecule has 2 aromatic rings. The minimum absolute atomic E-state index is 0.00805. The average Bonchev–Trinajstić information content (AvgIpc) is 2.89. The van der Waals surface area contributed by atoms with Crippen LogP contribution in [0.25, 0.3) is 0 Å². The maximum Gasteiger partial charge on any atom is 0.422 e. The standard InChI is InChI=1S/C26H33F3N2O2/c1-17-11-21(12-18(2)24(17)30-23(32)14-25(3,4)5)31-10-6-7-19-13-22(9-8-20(19)15-31)33-16-26(27,28)29/h8-9,11-13H,6-7,10,14-16H2,1-5H3,(H,30,32). The summed E-state index contributed by atoms with van der Waals surface area (Å²) in [5.74, 6) is 0.260. The van der Waals surface area contributed by atoms with Gasteiger partial charge in [-0.2, -0.15) is 13.2 Å². The van der Waals surface area contributed by atoms with E-state index in [9.17, 15) is 18.0 Å². The van der Waals surface area contributed by atoms with Gasteiger partial charge in [-0.15, -0.1) is 0 Å². The number of nitrogens with one attached hydrogen (secondary N) is 1. The van der Waals surface area contributed by atoms with Crippen LogP contribution >= 0.6 is 0 Å². The first-order valence-electron chi connectivity index (χ1n) is 11.3. The van der Waals surface area contributed by atoms with E-state index in [1.807, 2.05) is 40.7 Å². The highest BCUT2D eigenvalue weighted by atomic mass is 19.4. The average molecular weight is 463 g/mol. The largest absolute Gasteiger partial charge is 0.484 e. The Bertz CT molecular complexity index is 987. The highest BCUT2D eigenvalue weighted by Crippen LogP contribution is 2.32. The Kier molecular flexibility index (Phi) is 7.29. The number of amides is 1. The molecule has 0 saturated carbocycles. The van der Waals surface area contributed by atoms with E-state index in [4.69, 9.17) is 4.74 Å². The zero-order valence-corrected chi connectivity index (χ0v) is 20.0. The van der Waals surface area contributed by atoms with Crippen molar-refractivity contribution in [1.29, 1.82) is 0 Å². The number of anilines is 2. The molecule has 180 valence electrons. The molecule has 0 bridgehead atoms. The zero-order chi connectivity index (χ0) is 24.4. The van der Waals surface area contributed by atoms with Crippen LogP contribution in [0.15, 0.2) is 30.3 Å². The monoisotopic (exact) mass is 462 g/mol. The summed E-state index contributed by atoms with van der Waals surface area (Å²) in [5, 5.41) is 3.07. The molecular weight excluding hydrogens is 429 g/mol. The Hall–Kier alpha value is -2.70. The van der Waals surface area contributed by atoms with Crippen LogP contribution < -0.4 is 15.0 Å². The number of ether oxygens (including phenoxy) is 1. The minimum Gasteiger partial charge on any atom is -0.484 e. The van der Waals surface area contributed by atoms with Crippen LogP contribution in [-0.2, 0) is 17.8 Å². The van der Waals surface area contributed by atoms with Crippen LogP contribution in [0.2, 0.25) is 0 Å². The van der Waals surface area contributed by atoms with Crippen molar-refractivity contribution in [1.82, 2.24) is 0 Å². The first kappa shape index (κ1) is 24.9. The summed E-state index contributed by atoms with van der Waals surface area (Å²) in [6, 6.07) is 9.38. The predicted octanol–water partition coefficient (Wildman–Crippen LogP) is 6.57. The smallest absolute Gasteiger partial charge is 0.422 e. The third-order valence-corrected chi connectivity index (χ3v) is 5.65. The number of aryl methyl sites for hydroxylation is 3. The Morgan fingerprint density at radius 3 is 2.33 bits per heavy atom. The number of hydrogen-bond acceptors (Lipinski definition) is 3. The summed E-state index contributed by atoms with van der Waals surface area (Å²) >= 11 is 0. The van der Waals surface area contributed by atoms with Gasteiger partial charge in [-0.1, -0.05) is 26.8 Å². The molecule has 33 heavy (non-hydrogen) atoms. The van der Waals surface area contributed by atoms with Gasteiger partial charge in [0.15, 0.2) is 6.61 Å². The van der Waals surface area contributed by atoms with E-state index in [2.05, 4.69) is 22.3 Å². The Balaban J connectivity index is 1.76. The second kappa shape index (κ2) is 9.65. The van der Waals surface area contributed by atoms with E-state index in [1.54, 1.807) is 12.1 Å². The van der Waals surface area contributed by atoms with Crippen molar-refractivity contribution in [3.8, 4) is 5.75 Å². The molecule has 1 amide bonds. The van der Waals surface area contributed by atoms with Crippen molar-refractivity contribution in [2.45, 2.75) is 66.6 Å². The number of carbonyl (C=O) groups excluding carboxylic acids is 1. The molecule has 4 nitrogen and oxygen atoms in total. The highest BCUT2D eigenvalue weighted by Gasteiger charge is 2.28. The van der Waals surface area contributed by atoms with Crippen LogP contribution in [-0.4, -0.2) is 25.2 Å². The molecule has 1 aliphatic rings. The molecule has 3 rings (SSSR count). The number of benzene rings is 2. The van der Waals surface area contributed by atoms with Crippen molar-refractivity contribution in [2.24, 2.45) is 5.41 Å². The Labute approximate surface area is 194 Å². The van der Waals surface area contributed by atoms with Gasteiger partial charge in [-0.3, -0.25) is 4.79 Å². The van der Waals surface area contributed by atoms with Gasteiger partial charge < -0.3 is 15.0 Å². The fraction of sp³-hybridized carbons (Fsp3) is 0.500. The van der Waals surface area contributed by atoms with E-state index in [0.29, 0.717) is 13.0 Å². The molecule has 0 atom stereocenters. The molecule has 2 aromatic carbocycles. The zero-order valence-electron chi connectivity index (χ0n) is 20.0. The molecule has 0 radical (unpaired) electrons. The number of rotatable bonds is 5. The molecule has 1 N–H and O–H groups in total. The molecule has 0 spiro atoms. The van der Waals surface area contributed by atoms with Gasteiger partial charge in [0.25, 0.3) is 0 Å². The molecular formula is C26H33F3N2O2. The van der Waals surface area contributed by atoms with Gasteiger partial charge in [0.1, 0.15) is 5.75 Å². The second-order valence-electron chi connectivity index (χ2n) is 10.1. The van der Waals surface area contributed by atoms with Crippen LogP contribution in [0.3, 0.4) is 0 Å². The van der Waals surface area contributed by atoms with E-state index in [0.717, 1.165) is 53.0 Å². The number of carbonyl (C=O) groups is 1. The number of hydrogen-bond donors (Lipinski definition) is 1. The Morgan fingerprint density at radius 1 is 1.06 bits per heavy atom. The summed E-state index contributed by atoms with van der Waals surface area (Å²) in [4.78, 5) is 14.7. The molecule has 1 aliphatic heterocycles. The van der Waals surface area contributed by atoms with Gasteiger partial charge >= 0.3 is 6.18 Å². The number of fused-ring (bicyclic) bond motifs is 1. The maximum atomic E-state index is 12.5. The van der Waals surface area contributed by atoms with Gasteiger partial charge in [0, 0.05) is 30.9 Å². The lowest BCUT2D eigenvalue weighted by atomic mass is 9.92. The van der Waals surface area contributed by atoms with Crippen LogP contribution in [0.1, 0.15) is 55.9 Å². The third-order valence-electron chi connectivity index (χ3n) is 5.65. The summed E-state index contributed by atoms with van der Waals surface area (Å²) in [7, 11) is 0. The number of halogens is 3. The van der Waals surface area contributed by atoms with E-state index in [-0.39, 0.29) is 17.1 Å². The fourth-order valence-electron chi connectivity index (χ4n) is 4.20. The molecule has 0 aliphatic carbocycles.